The molecule has 0 heterocycles. The lowest BCUT2D eigenvalue weighted by atomic mass is 10.0. The molecule has 0 bridgehead atoms. The van der Waals surface area contributed by atoms with Gasteiger partial charge in [-0.3, -0.25) is 0 Å². The highest BCUT2D eigenvalue weighted by atomic mass is 79.9. The van der Waals surface area contributed by atoms with Crippen LogP contribution in [0.25, 0.3) is 0 Å². The Labute approximate surface area is 139 Å². The highest BCUT2D eigenvalue weighted by molar-refractivity contribution is 9.08. The minimum atomic E-state index is 0.898. The van der Waals surface area contributed by atoms with E-state index in [0.717, 1.165) is 11.1 Å². The maximum atomic E-state index is 5.37. The summed E-state index contributed by atoms with van der Waals surface area (Å²) >= 11 is 3.53. The topological polar surface area (TPSA) is 9.23 Å². The Hall–Kier alpha value is -0.500. The molecule has 0 spiro atoms. The lowest BCUT2D eigenvalue weighted by Gasteiger charge is -2.08. The van der Waals surface area contributed by atoms with Crippen molar-refractivity contribution in [2.24, 2.45) is 0 Å². The second-order valence-corrected chi connectivity index (χ2v) is 6.46. The van der Waals surface area contributed by atoms with E-state index in [9.17, 15) is 0 Å². The van der Waals surface area contributed by atoms with Gasteiger partial charge in [0.25, 0.3) is 0 Å². The quantitative estimate of drug-likeness (QED) is 0.301. The average Bonchev–Trinajstić information content (AvgIpc) is 2.52. The molecule has 0 amide bonds. The fourth-order valence-electron chi connectivity index (χ4n) is 2.71. The summed E-state index contributed by atoms with van der Waals surface area (Å²) in [5.41, 5.74) is 2.71. The van der Waals surface area contributed by atoms with Crippen molar-refractivity contribution in [3.63, 3.8) is 0 Å². The second kappa shape index (κ2) is 12.1. The molecule has 21 heavy (non-hydrogen) atoms. The zero-order valence-electron chi connectivity index (χ0n) is 13.8. The van der Waals surface area contributed by atoms with E-state index < -0.39 is 0 Å². The molecular formula is C19H31BrO. The molecular weight excluding hydrogens is 324 g/mol. The average molecular weight is 355 g/mol. The Morgan fingerprint density at radius 1 is 0.810 bits per heavy atom. The summed E-state index contributed by atoms with van der Waals surface area (Å²) in [5.74, 6) is 0.984. The van der Waals surface area contributed by atoms with Gasteiger partial charge in [-0.25, -0.2) is 0 Å². The van der Waals surface area contributed by atoms with Crippen LogP contribution < -0.4 is 4.74 Å². The van der Waals surface area contributed by atoms with Gasteiger partial charge in [0.2, 0.25) is 0 Å². The summed E-state index contributed by atoms with van der Waals surface area (Å²) in [5, 5.41) is 0.898. The minimum absolute atomic E-state index is 0.898. The molecule has 0 atom stereocenters. The summed E-state index contributed by atoms with van der Waals surface area (Å²) < 4.78 is 5.37. The third kappa shape index (κ3) is 8.50. The van der Waals surface area contributed by atoms with Crippen molar-refractivity contribution in [2.75, 3.05) is 7.11 Å². The highest BCUT2D eigenvalue weighted by Crippen LogP contribution is 2.21. The van der Waals surface area contributed by atoms with E-state index in [0.29, 0.717) is 0 Å². The van der Waals surface area contributed by atoms with Gasteiger partial charge >= 0.3 is 0 Å². The molecule has 0 saturated heterocycles. The number of hydrogen-bond donors (Lipinski definition) is 0. The third-order valence-corrected chi connectivity index (χ3v) is 4.63. The number of halogens is 1. The SMILES string of the molecule is CCCCCCCCCCCc1cc(CBr)cc(OC)c1. The van der Waals surface area contributed by atoms with Gasteiger partial charge in [-0.15, -0.1) is 0 Å². The van der Waals surface area contributed by atoms with Gasteiger partial charge < -0.3 is 4.74 Å². The Balaban J connectivity index is 2.15. The predicted molar refractivity (Wildman–Crippen MR) is 96.6 cm³/mol. The van der Waals surface area contributed by atoms with Crippen LogP contribution in [0.2, 0.25) is 0 Å². The third-order valence-electron chi connectivity index (χ3n) is 3.99. The van der Waals surface area contributed by atoms with Crippen molar-refractivity contribution in [1.82, 2.24) is 0 Å². The van der Waals surface area contributed by atoms with Crippen molar-refractivity contribution in [3.05, 3.63) is 29.3 Å². The van der Waals surface area contributed by atoms with Crippen LogP contribution in [-0.2, 0) is 11.8 Å². The van der Waals surface area contributed by atoms with Crippen LogP contribution >= 0.6 is 15.9 Å². The monoisotopic (exact) mass is 354 g/mol. The van der Waals surface area contributed by atoms with Crippen molar-refractivity contribution in [2.45, 2.75) is 76.5 Å². The van der Waals surface area contributed by atoms with Gasteiger partial charge in [0.05, 0.1) is 7.11 Å². The van der Waals surface area contributed by atoms with E-state index in [2.05, 4.69) is 41.1 Å². The number of methoxy groups -OCH3 is 1. The molecule has 1 aromatic rings. The van der Waals surface area contributed by atoms with E-state index in [4.69, 9.17) is 4.74 Å². The fraction of sp³-hybridized carbons (Fsp3) is 0.684. The molecule has 0 aliphatic heterocycles. The first-order valence-corrected chi connectivity index (χ1v) is 9.65. The van der Waals surface area contributed by atoms with Crippen molar-refractivity contribution in [3.8, 4) is 5.75 Å². The van der Waals surface area contributed by atoms with Crippen molar-refractivity contribution in [1.29, 1.82) is 0 Å². The number of unbranched alkanes of at least 4 members (excludes halogenated alkanes) is 8. The zero-order chi connectivity index (χ0) is 15.3. The molecule has 0 unspecified atom stereocenters. The van der Waals surface area contributed by atoms with Crippen LogP contribution in [0.15, 0.2) is 18.2 Å². The lowest BCUT2D eigenvalue weighted by molar-refractivity contribution is 0.414. The van der Waals surface area contributed by atoms with E-state index in [1.54, 1.807) is 7.11 Å². The molecule has 1 rings (SSSR count). The van der Waals surface area contributed by atoms with Gasteiger partial charge in [0.15, 0.2) is 0 Å². The zero-order valence-corrected chi connectivity index (χ0v) is 15.4. The maximum Gasteiger partial charge on any atom is 0.119 e. The molecule has 0 aliphatic rings. The van der Waals surface area contributed by atoms with E-state index >= 15 is 0 Å². The summed E-state index contributed by atoms with van der Waals surface area (Å²) in [6.07, 6.45) is 13.7. The van der Waals surface area contributed by atoms with E-state index in [1.807, 2.05) is 0 Å². The highest BCUT2D eigenvalue weighted by Gasteiger charge is 2.01. The summed E-state index contributed by atoms with van der Waals surface area (Å²) in [7, 11) is 1.75. The normalized spacial score (nSPS) is 10.8. The Morgan fingerprint density at radius 2 is 1.38 bits per heavy atom. The number of hydrogen-bond acceptors (Lipinski definition) is 1. The molecule has 2 heteroatoms. The number of ether oxygens (including phenoxy) is 1. The molecule has 120 valence electrons. The Morgan fingerprint density at radius 3 is 1.95 bits per heavy atom. The molecule has 0 aliphatic carbocycles. The van der Waals surface area contributed by atoms with E-state index in [1.165, 1.54) is 75.3 Å². The molecule has 0 saturated carbocycles. The summed E-state index contributed by atoms with van der Waals surface area (Å²) in [4.78, 5) is 0. The minimum Gasteiger partial charge on any atom is -0.497 e. The standard InChI is InChI=1S/C19H31BrO/c1-3-4-5-6-7-8-9-10-11-12-17-13-18(16-20)15-19(14-17)21-2/h13-15H,3-12,16H2,1-2H3. The first kappa shape index (κ1) is 18.5. The van der Waals surface area contributed by atoms with Crippen molar-refractivity contribution < 1.29 is 4.74 Å². The summed E-state index contributed by atoms with van der Waals surface area (Å²) in [6, 6.07) is 6.58. The largest absolute Gasteiger partial charge is 0.497 e. The molecule has 0 aromatic heterocycles. The number of rotatable bonds is 12. The molecule has 0 N–H and O–H groups in total. The smallest absolute Gasteiger partial charge is 0.119 e. The first-order chi connectivity index (χ1) is 10.3. The number of benzene rings is 1. The summed E-state index contributed by atoms with van der Waals surface area (Å²) in [6.45, 7) is 2.28. The van der Waals surface area contributed by atoms with Gasteiger partial charge in [-0.2, -0.15) is 0 Å². The lowest BCUT2D eigenvalue weighted by Crippen LogP contribution is -1.92. The van der Waals surface area contributed by atoms with Crippen LogP contribution in [0.1, 0.15) is 75.8 Å². The Kier molecular flexibility index (Phi) is 10.7. The number of alkyl halides is 1. The van der Waals surface area contributed by atoms with E-state index in [-0.39, 0.29) is 0 Å². The van der Waals surface area contributed by atoms with Crippen LogP contribution in [0, 0.1) is 0 Å². The van der Waals surface area contributed by atoms with Crippen LogP contribution in [-0.4, -0.2) is 7.11 Å². The fourth-order valence-corrected chi connectivity index (χ4v) is 3.03. The van der Waals surface area contributed by atoms with Crippen LogP contribution in [0.3, 0.4) is 0 Å². The Bertz CT molecular complexity index is 354. The van der Waals surface area contributed by atoms with Gasteiger partial charge in [-0.1, -0.05) is 80.3 Å². The molecule has 1 nitrogen and oxygen atoms in total. The first-order valence-electron chi connectivity index (χ1n) is 8.53. The van der Waals surface area contributed by atoms with Crippen LogP contribution in [0.4, 0.5) is 0 Å². The van der Waals surface area contributed by atoms with Gasteiger partial charge in [-0.05, 0) is 36.1 Å². The van der Waals surface area contributed by atoms with Gasteiger partial charge in [0, 0.05) is 5.33 Å². The maximum absolute atomic E-state index is 5.37. The predicted octanol–water partition coefficient (Wildman–Crippen LogP) is 6.66. The molecule has 0 radical (unpaired) electrons. The van der Waals surface area contributed by atoms with Gasteiger partial charge in [0.1, 0.15) is 5.75 Å². The second-order valence-electron chi connectivity index (χ2n) is 5.90. The molecule has 1 aromatic carbocycles. The van der Waals surface area contributed by atoms with Crippen LogP contribution in [0.5, 0.6) is 5.75 Å². The van der Waals surface area contributed by atoms with Crippen molar-refractivity contribution >= 4 is 15.9 Å². The molecule has 0 fully saturated rings. The number of aryl methyl sites for hydroxylation is 1.